The van der Waals surface area contributed by atoms with Crippen LogP contribution in [-0.4, -0.2) is 10.7 Å². The van der Waals surface area contributed by atoms with E-state index in [2.05, 4.69) is 0 Å². The molecule has 2 rings (SSSR count). The Hall–Kier alpha value is -1.72. The number of hydrogen-bond acceptors (Lipinski definition) is 4. The molecule has 4 nitrogen and oxygen atoms in total. The third-order valence-electron chi connectivity index (χ3n) is 2.15. The Morgan fingerprint density at radius 1 is 1.35 bits per heavy atom. The first-order chi connectivity index (χ1) is 8.09. The lowest BCUT2D eigenvalue weighted by Crippen LogP contribution is -2.00. The Kier molecular flexibility index (Phi) is 3.21. The largest absolute Gasteiger partial charge is 0.288 e. The van der Waals surface area contributed by atoms with Gasteiger partial charge in [0.15, 0.2) is 0 Å². The number of benzene rings is 1. The number of hydrogen-bond donors (Lipinski definition) is 0. The van der Waals surface area contributed by atoms with Gasteiger partial charge in [-0.3, -0.25) is 14.9 Å². The molecule has 0 saturated carbocycles. The van der Waals surface area contributed by atoms with Gasteiger partial charge in [-0.05, 0) is 17.5 Å². The van der Waals surface area contributed by atoms with Crippen LogP contribution in [0.2, 0.25) is 5.02 Å². The van der Waals surface area contributed by atoms with Crippen LogP contribution in [-0.2, 0) is 0 Å². The van der Waals surface area contributed by atoms with Crippen molar-refractivity contribution in [3.63, 3.8) is 0 Å². The summed E-state index contributed by atoms with van der Waals surface area (Å²) in [6, 6.07) is 7.28. The quantitative estimate of drug-likeness (QED) is 0.485. The second-order valence-electron chi connectivity index (χ2n) is 3.23. The van der Waals surface area contributed by atoms with E-state index >= 15 is 0 Å². The highest BCUT2D eigenvalue weighted by atomic mass is 35.5. The maximum absolute atomic E-state index is 12.0. The lowest BCUT2D eigenvalue weighted by Gasteiger charge is -2.01. The molecule has 2 aromatic rings. The summed E-state index contributed by atoms with van der Waals surface area (Å²) in [6.45, 7) is 0. The molecule has 0 amide bonds. The fourth-order valence-electron chi connectivity index (χ4n) is 1.34. The third-order valence-corrected chi connectivity index (χ3v) is 3.33. The number of carbonyl (C=O) groups excluding carboxylic acids is 1. The van der Waals surface area contributed by atoms with Crippen LogP contribution in [0.5, 0.6) is 0 Å². The van der Waals surface area contributed by atoms with Gasteiger partial charge in [0.2, 0.25) is 5.78 Å². The number of non-ortho nitro benzene ring substituents is 1. The van der Waals surface area contributed by atoms with E-state index in [1.807, 2.05) is 0 Å². The molecule has 0 fully saturated rings. The maximum Gasteiger partial charge on any atom is 0.270 e. The number of rotatable bonds is 3. The molecule has 0 aliphatic rings. The van der Waals surface area contributed by atoms with Gasteiger partial charge >= 0.3 is 0 Å². The molecule has 86 valence electrons. The molecule has 1 aromatic heterocycles. The van der Waals surface area contributed by atoms with E-state index in [9.17, 15) is 14.9 Å². The predicted octanol–water partition coefficient (Wildman–Crippen LogP) is 3.54. The van der Waals surface area contributed by atoms with Gasteiger partial charge in [-0.1, -0.05) is 17.7 Å². The van der Waals surface area contributed by atoms with Gasteiger partial charge in [-0.15, -0.1) is 11.3 Å². The van der Waals surface area contributed by atoms with Gasteiger partial charge < -0.3 is 0 Å². The number of nitro groups is 1. The average molecular weight is 268 g/mol. The van der Waals surface area contributed by atoms with Crippen LogP contribution in [0.3, 0.4) is 0 Å². The van der Waals surface area contributed by atoms with Crippen molar-refractivity contribution in [3.05, 3.63) is 61.3 Å². The Balaban J connectivity index is 2.41. The van der Waals surface area contributed by atoms with Crippen LogP contribution in [0.1, 0.15) is 15.2 Å². The zero-order valence-corrected chi connectivity index (χ0v) is 9.99. The lowest BCUT2D eigenvalue weighted by molar-refractivity contribution is -0.384. The molecule has 17 heavy (non-hydrogen) atoms. The molecule has 6 heteroatoms. The summed E-state index contributed by atoms with van der Waals surface area (Å²) in [5.74, 6) is -0.222. The van der Waals surface area contributed by atoms with E-state index in [-0.39, 0.29) is 22.1 Å². The first-order valence-corrected chi connectivity index (χ1v) is 5.87. The van der Waals surface area contributed by atoms with Gasteiger partial charge in [0.1, 0.15) is 0 Å². The highest BCUT2D eigenvalue weighted by Gasteiger charge is 2.16. The Labute approximate surface area is 106 Å². The van der Waals surface area contributed by atoms with Crippen molar-refractivity contribution in [2.24, 2.45) is 0 Å². The highest BCUT2D eigenvalue weighted by Crippen LogP contribution is 2.25. The number of ketones is 1. The predicted molar refractivity (Wildman–Crippen MR) is 65.9 cm³/mol. The van der Waals surface area contributed by atoms with Crippen molar-refractivity contribution >= 4 is 34.4 Å². The molecule has 0 radical (unpaired) electrons. The standard InChI is InChI=1S/C11H6ClNO3S/c12-9-6-7(13(15)16)3-4-8(9)11(14)10-2-1-5-17-10/h1-6H. The summed E-state index contributed by atoms with van der Waals surface area (Å²) in [4.78, 5) is 22.5. The molecule has 1 heterocycles. The van der Waals surface area contributed by atoms with Gasteiger partial charge in [0.05, 0.1) is 14.8 Å². The molecule has 0 unspecified atom stereocenters. The van der Waals surface area contributed by atoms with Crippen molar-refractivity contribution in [1.82, 2.24) is 0 Å². The molecular formula is C11H6ClNO3S. The minimum absolute atomic E-state index is 0.0950. The fourth-order valence-corrected chi connectivity index (χ4v) is 2.28. The van der Waals surface area contributed by atoms with E-state index in [0.29, 0.717) is 4.88 Å². The minimum Gasteiger partial charge on any atom is -0.288 e. The van der Waals surface area contributed by atoms with E-state index in [1.165, 1.54) is 29.5 Å². The van der Waals surface area contributed by atoms with Crippen LogP contribution in [0.15, 0.2) is 35.7 Å². The van der Waals surface area contributed by atoms with Crippen LogP contribution in [0.4, 0.5) is 5.69 Å². The number of nitro benzene ring substituents is 1. The normalized spacial score (nSPS) is 10.2. The average Bonchev–Trinajstić information content (AvgIpc) is 2.81. The van der Waals surface area contributed by atoms with Crippen molar-refractivity contribution < 1.29 is 9.72 Å². The van der Waals surface area contributed by atoms with Gasteiger partial charge in [-0.25, -0.2) is 0 Å². The van der Waals surface area contributed by atoms with E-state index in [1.54, 1.807) is 17.5 Å². The zero-order valence-electron chi connectivity index (χ0n) is 8.42. The molecule has 0 bridgehead atoms. The summed E-state index contributed by atoms with van der Waals surface area (Å²) >= 11 is 7.17. The molecule has 0 N–H and O–H groups in total. The number of halogens is 1. The number of carbonyl (C=O) groups is 1. The van der Waals surface area contributed by atoms with Crippen LogP contribution in [0, 0.1) is 10.1 Å². The van der Waals surface area contributed by atoms with Crippen LogP contribution < -0.4 is 0 Å². The van der Waals surface area contributed by atoms with Crippen molar-refractivity contribution in [2.45, 2.75) is 0 Å². The van der Waals surface area contributed by atoms with Crippen molar-refractivity contribution in [2.75, 3.05) is 0 Å². The Morgan fingerprint density at radius 2 is 2.12 bits per heavy atom. The van der Waals surface area contributed by atoms with E-state index in [4.69, 9.17) is 11.6 Å². The highest BCUT2D eigenvalue weighted by molar-refractivity contribution is 7.12. The van der Waals surface area contributed by atoms with Crippen molar-refractivity contribution in [1.29, 1.82) is 0 Å². The summed E-state index contributed by atoms with van der Waals surface area (Å²) in [6.07, 6.45) is 0. The smallest absolute Gasteiger partial charge is 0.270 e. The summed E-state index contributed by atoms with van der Waals surface area (Å²) in [5.41, 5.74) is 0.150. The maximum atomic E-state index is 12.0. The second-order valence-corrected chi connectivity index (χ2v) is 4.58. The molecule has 0 aliphatic heterocycles. The minimum atomic E-state index is -0.550. The van der Waals surface area contributed by atoms with Crippen LogP contribution in [0.25, 0.3) is 0 Å². The second kappa shape index (κ2) is 4.65. The summed E-state index contributed by atoms with van der Waals surface area (Å²) in [5, 5.41) is 12.4. The molecule has 0 spiro atoms. The van der Waals surface area contributed by atoms with Gasteiger partial charge in [-0.2, -0.15) is 0 Å². The summed E-state index contributed by atoms with van der Waals surface area (Å²) in [7, 11) is 0. The first-order valence-electron chi connectivity index (χ1n) is 4.62. The van der Waals surface area contributed by atoms with Gasteiger partial charge in [0.25, 0.3) is 5.69 Å². The SMILES string of the molecule is O=C(c1cccs1)c1ccc([N+](=O)[O-])cc1Cl. The summed E-state index contributed by atoms with van der Waals surface area (Å²) < 4.78 is 0. The fraction of sp³-hybridized carbons (Fsp3) is 0. The van der Waals surface area contributed by atoms with Crippen LogP contribution >= 0.6 is 22.9 Å². The van der Waals surface area contributed by atoms with E-state index < -0.39 is 4.92 Å². The lowest BCUT2D eigenvalue weighted by atomic mass is 10.1. The van der Waals surface area contributed by atoms with Crippen molar-refractivity contribution in [3.8, 4) is 0 Å². The van der Waals surface area contributed by atoms with Gasteiger partial charge in [0, 0.05) is 17.7 Å². The molecule has 1 aromatic carbocycles. The third kappa shape index (κ3) is 2.35. The zero-order chi connectivity index (χ0) is 12.4. The number of thiophene rings is 1. The molecule has 0 saturated heterocycles. The van der Waals surface area contributed by atoms with E-state index in [0.717, 1.165) is 0 Å². The monoisotopic (exact) mass is 267 g/mol. The Bertz CT molecular complexity index is 580. The molecular weight excluding hydrogens is 262 g/mol. The Morgan fingerprint density at radius 3 is 2.65 bits per heavy atom. The first kappa shape index (κ1) is 11.8. The topological polar surface area (TPSA) is 60.2 Å². The number of nitrogens with zero attached hydrogens (tertiary/aromatic N) is 1. The molecule has 0 aliphatic carbocycles. The molecule has 0 atom stereocenters.